The van der Waals surface area contributed by atoms with Crippen LogP contribution in [0.3, 0.4) is 0 Å². The summed E-state index contributed by atoms with van der Waals surface area (Å²) in [4.78, 5) is 0. The van der Waals surface area contributed by atoms with Crippen molar-refractivity contribution >= 4 is 45.5 Å². The lowest BCUT2D eigenvalue weighted by molar-refractivity contribution is 0.408. The van der Waals surface area contributed by atoms with Gasteiger partial charge in [0.25, 0.3) is 0 Å². The highest BCUT2D eigenvalue weighted by molar-refractivity contribution is 14.1. The monoisotopic (exact) mass is 393 g/mol. The van der Waals surface area contributed by atoms with Crippen LogP contribution in [0.4, 0.5) is 0 Å². The van der Waals surface area contributed by atoms with E-state index in [0.717, 1.165) is 23.3 Å². The van der Waals surface area contributed by atoms with Gasteiger partial charge < -0.3 is 10.5 Å². The van der Waals surface area contributed by atoms with Crippen molar-refractivity contribution in [1.29, 1.82) is 0 Å². The Morgan fingerprint density at radius 3 is 2.83 bits per heavy atom. The molecule has 0 saturated carbocycles. The topological polar surface area (TPSA) is 35.2 Å². The van der Waals surface area contributed by atoms with Crippen LogP contribution in [0, 0.1) is 2.88 Å². The molecular formula is C13H13ClINOS. The number of nitrogens with two attached hydrogens (primary N) is 1. The molecule has 0 amide bonds. The molecule has 0 spiro atoms. The van der Waals surface area contributed by atoms with Gasteiger partial charge >= 0.3 is 0 Å². The molecule has 1 aromatic carbocycles. The third-order valence-electron chi connectivity index (χ3n) is 2.70. The van der Waals surface area contributed by atoms with E-state index >= 15 is 0 Å². The van der Waals surface area contributed by atoms with Crippen LogP contribution in [0.15, 0.2) is 29.6 Å². The van der Waals surface area contributed by atoms with E-state index in [0.29, 0.717) is 5.02 Å². The van der Waals surface area contributed by atoms with E-state index in [1.807, 2.05) is 18.2 Å². The molecule has 2 N–H and O–H groups in total. The fourth-order valence-electron chi connectivity index (χ4n) is 1.78. The predicted molar refractivity (Wildman–Crippen MR) is 85.7 cm³/mol. The summed E-state index contributed by atoms with van der Waals surface area (Å²) in [6, 6.07) is 7.70. The fraction of sp³-hybridized carbons (Fsp3) is 0.231. The van der Waals surface area contributed by atoms with E-state index in [2.05, 4.69) is 34.0 Å². The van der Waals surface area contributed by atoms with Crippen LogP contribution in [-0.4, -0.2) is 7.11 Å². The summed E-state index contributed by atoms with van der Waals surface area (Å²) in [6.07, 6.45) is 0.719. The van der Waals surface area contributed by atoms with Gasteiger partial charge in [-0.3, -0.25) is 0 Å². The lowest BCUT2D eigenvalue weighted by Crippen LogP contribution is -2.13. The molecule has 96 valence electrons. The normalized spacial score (nSPS) is 12.4. The lowest BCUT2D eigenvalue weighted by atomic mass is 10.0. The van der Waals surface area contributed by atoms with Crippen molar-refractivity contribution in [3.63, 3.8) is 0 Å². The van der Waals surface area contributed by atoms with Gasteiger partial charge in [0.15, 0.2) is 0 Å². The van der Waals surface area contributed by atoms with Crippen molar-refractivity contribution < 1.29 is 4.74 Å². The van der Waals surface area contributed by atoms with E-state index in [-0.39, 0.29) is 6.04 Å². The lowest BCUT2D eigenvalue weighted by Gasteiger charge is -2.13. The van der Waals surface area contributed by atoms with E-state index in [9.17, 15) is 0 Å². The molecule has 2 nitrogen and oxygen atoms in total. The second-order valence-corrected chi connectivity index (χ2v) is 7.19. The maximum absolute atomic E-state index is 6.22. The van der Waals surface area contributed by atoms with E-state index in [1.54, 1.807) is 18.4 Å². The van der Waals surface area contributed by atoms with Crippen molar-refractivity contribution in [3.8, 4) is 5.75 Å². The summed E-state index contributed by atoms with van der Waals surface area (Å²) in [6.45, 7) is 0. The van der Waals surface area contributed by atoms with Gasteiger partial charge in [-0.05, 0) is 69.8 Å². The predicted octanol–water partition coefficient (Wildman–Crippen LogP) is 4.26. The standard InChI is InChI=1S/C13H13ClINOS/c1-17-12-3-2-10(14)4-8(12)5-11(16)9-6-13(15)18-7-9/h2-4,6-7,11H,5,16H2,1H3. The first-order chi connectivity index (χ1) is 8.60. The van der Waals surface area contributed by atoms with Gasteiger partial charge in [-0.25, -0.2) is 0 Å². The van der Waals surface area contributed by atoms with Crippen molar-refractivity contribution in [3.05, 3.63) is 48.7 Å². The first-order valence-electron chi connectivity index (χ1n) is 5.42. The van der Waals surface area contributed by atoms with Crippen molar-refractivity contribution in [1.82, 2.24) is 0 Å². The van der Waals surface area contributed by atoms with Crippen LogP contribution in [-0.2, 0) is 6.42 Å². The van der Waals surface area contributed by atoms with E-state index in [1.165, 1.54) is 2.88 Å². The highest BCUT2D eigenvalue weighted by Gasteiger charge is 2.12. The van der Waals surface area contributed by atoms with Crippen LogP contribution >= 0.6 is 45.5 Å². The Kier molecular flexibility index (Phi) is 4.89. The largest absolute Gasteiger partial charge is 0.496 e. The van der Waals surface area contributed by atoms with Crippen LogP contribution in [0.2, 0.25) is 5.02 Å². The van der Waals surface area contributed by atoms with Gasteiger partial charge in [0, 0.05) is 11.1 Å². The second-order valence-electron chi connectivity index (χ2n) is 3.95. The first-order valence-corrected chi connectivity index (χ1v) is 7.75. The highest BCUT2D eigenvalue weighted by Crippen LogP contribution is 2.28. The molecule has 1 atom stereocenters. The number of rotatable bonds is 4. The Labute approximate surface area is 129 Å². The molecule has 18 heavy (non-hydrogen) atoms. The molecule has 0 fully saturated rings. The number of ether oxygens (including phenoxy) is 1. The summed E-state index contributed by atoms with van der Waals surface area (Å²) in [5, 5.41) is 2.81. The molecule has 1 heterocycles. The number of hydrogen-bond acceptors (Lipinski definition) is 3. The second kappa shape index (κ2) is 6.23. The molecule has 5 heteroatoms. The average Bonchev–Trinajstić information content (AvgIpc) is 2.76. The summed E-state index contributed by atoms with van der Waals surface area (Å²) in [5.41, 5.74) is 8.42. The van der Waals surface area contributed by atoms with E-state index in [4.69, 9.17) is 22.1 Å². The summed E-state index contributed by atoms with van der Waals surface area (Å²) >= 11 is 10.0. The quantitative estimate of drug-likeness (QED) is 0.788. The zero-order valence-corrected chi connectivity index (χ0v) is 13.6. The third kappa shape index (κ3) is 3.38. The number of thiophene rings is 1. The Balaban J connectivity index is 2.20. The van der Waals surface area contributed by atoms with Gasteiger partial charge in [0.2, 0.25) is 0 Å². The van der Waals surface area contributed by atoms with E-state index < -0.39 is 0 Å². The molecule has 0 bridgehead atoms. The summed E-state index contributed by atoms with van der Waals surface area (Å²) in [5.74, 6) is 0.833. The zero-order chi connectivity index (χ0) is 13.1. The molecular weight excluding hydrogens is 381 g/mol. The summed E-state index contributed by atoms with van der Waals surface area (Å²) in [7, 11) is 1.66. The average molecular weight is 394 g/mol. The minimum Gasteiger partial charge on any atom is -0.496 e. The molecule has 0 aliphatic carbocycles. The molecule has 1 unspecified atom stereocenters. The molecule has 1 aromatic heterocycles. The smallest absolute Gasteiger partial charge is 0.122 e. The van der Waals surface area contributed by atoms with Crippen molar-refractivity contribution in [2.24, 2.45) is 5.73 Å². The fourth-order valence-corrected chi connectivity index (χ4v) is 3.41. The SMILES string of the molecule is COc1ccc(Cl)cc1CC(N)c1csc(I)c1. The van der Waals surface area contributed by atoms with Crippen LogP contribution in [0.5, 0.6) is 5.75 Å². The minimum atomic E-state index is -0.0304. The third-order valence-corrected chi connectivity index (χ3v) is 4.74. The van der Waals surface area contributed by atoms with Crippen LogP contribution in [0.1, 0.15) is 17.2 Å². The van der Waals surface area contributed by atoms with Gasteiger partial charge in [-0.2, -0.15) is 0 Å². The highest BCUT2D eigenvalue weighted by atomic mass is 127. The molecule has 0 radical (unpaired) electrons. The number of halogens is 2. The van der Waals surface area contributed by atoms with Gasteiger partial charge in [-0.15, -0.1) is 11.3 Å². The van der Waals surface area contributed by atoms with Crippen molar-refractivity contribution in [2.45, 2.75) is 12.5 Å². The Morgan fingerprint density at radius 2 is 2.22 bits per heavy atom. The molecule has 2 rings (SSSR count). The Bertz CT molecular complexity index is 544. The van der Waals surface area contributed by atoms with Gasteiger partial charge in [0.1, 0.15) is 5.75 Å². The van der Waals surface area contributed by atoms with Gasteiger partial charge in [-0.1, -0.05) is 11.6 Å². The van der Waals surface area contributed by atoms with Crippen molar-refractivity contribution in [2.75, 3.05) is 7.11 Å². The summed E-state index contributed by atoms with van der Waals surface area (Å²) < 4.78 is 6.58. The maximum Gasteiger partial charge on any atom is 0.122 e. The number of benzene rings is 1. The molecule has 0 aliphatic rings. The Hall–Kier alpha value is -0.300. The van der Waals surface area contributed by atoms with Crippen LogP contribution in [0.25, 0.3) is 0 Å². The first kappa shape index (κ1) is 14.1. The zero-order valence-electron chi connectivity index (χ0n) is 9.82. The number of hydrogen-bond donors (Lipinski definition) is 1. The van der Waals surface area contributed by atoms with Crippen LogP contribution < -0.4 is 10.5 Å². The number of methoxy groups -OCH3 is 1. The van der Waals surface area contributed by atoms with Gasteiger partial charge in [0.05, 0.1) is 9.99 Å². The minimum absolute atomic E-state index is 0.0304. The Morgan fingerprint density at radius 1 is 1.44 bits per heavy atom. The molecule has 0 saturated heterocycles. The molecule has 2 aromatic rings. The maximum atomic E-state index is 6.22. The molecule has 0 aliphatic heterocycles.